The number of benzene rings is 1. The Morgan fingerprint density at radius 1 is 1.38 bits per heavy atom. The molecule has 0 amide bonds. The fourth-order valence-electron chi connectivity index (χ4n) is 2.52. The number of aliphatic hydroxyl groups is 1. The van der Waals surface area contributed by atoms with Gasteiger partial charge in [-0.15, -0.1) is 0 Å². The zero-order valence-corrected chi connectivity index (χ0v) is 12.2. The molecule has 1 aliphatic heterocycles. The zero-order valence-electron chi connectivity index (χ0n) is 11.4. The molecular formula is C13H18N2O5S. The number of nitrogens with two attached hydrogens (primary N) is 1. The summed E-state index contributed by atoms with van der Waals surface area (Å²) in [7, 11) is -3.84. The number of carboxylic acids is 1. The first-order valence-electron chi connectivity index (χ1n) is 6.63. The van der Waals surface area contributed by atoms with E-state index < -0.39 is 22.0 Å². The van der Waals surface area contributed by atoms with E-state index in [4.69, 9.17) is 10.8 Å². The van der Waals surface area contributed by atoms with Crippen LogP contribution in [0.4, 0.5) is 5.69 Å². The summed E-state index contributed by atoms with van der Waals surface area (Å²) in [4.78, 5) is 10.7. The quantitative estimate of drug-likeness (QED) is 0.696. The molecule has 1 fully saturated rings. The molecule has 4 N–H and O–H groups in total. The number of piperidine rings is 1. The normalized spacial score (nSPS) is 20.3. The molecule has 2 rings (SSSR count). The van der Waals surface area contributed by atoms with Gasteiger partial charge >= 0.3 is 5.97 Å². The highest BCUT2D eigenvalue weighted by atomic mass is 32.2. The van der Waals surface area contributed by atoms with Crippen LogP contribution in [0.25, 0.3) is 0 Å². The van der Waals surface area contributed by atoms with Gasteiger partial charge in [-0.2, -0.15) is 4.31 Å². The minimum absolute atomic E-state index is 0.0659. The molecule has 0 radical (unpaired) electrons. The average Bonchev–Trinajstić information content (AvgIpc) is 2.46. The lowest BCUT2D eigenvalue weighted by Gasteiger charge is -2.33. The molecule has 1 atom stereocenters. The molecule has 1 aromatic rings. The Morgan fingerprint density at radius 2 is 2.10 bits per heavy atom. The maximum Gasteiger partial charge on any atom is 0.335 e. The Balaban J connectivity index is 2.41. The van der Waals surface area contributed by atoms with E-state index >= 15 is 0 Å². The number of nitrogens with zero attached hydrogens (tertiary/aromatic N) is 1. The van der Waals surface area contributed by atoms with E-state index in [1.807, 2.05) is 0 Å². The molecule has 7 nitrogen and oxygen atoms in total. The van der Waals surface area contributed by atoms with Crippen LogP contribution < -0.4 is 5.73 Å². The number of hydrogen-bond donors (Lipinski definition) is 3. The van der Waals surface area contributed by atoms with Gasteiger partial charge in [0.05, 0.1) is 17.9 Å². The first kappa shape index (κ1) is 15.7. The number of rotatable bonds is 4. The topological polar surface area (TPSA) is 121 Å². The van der Waals surface area contributed by atoms with E-state index in [0.717, 1.165) is 18.9 Å². The minimum Gasteiger partial charge on any atom is -0.478 e. The molecule has 0 aromatic heterocycles. The van der Waals surface area contributed by atoms with Gasteiger partial charge in [-0.1, -0.05) is 6.42 Å². The monoisotopic (exact) mass is 314 g/mol. The van der Waals surface area contributed by atoms with Crippen molar-refractivity contribution in [3.05, 3.63) is 23.8 Å². The van der Waals surface area contributed by atoms with Gasteiger partial charge < -0.3 is 15.9 Å². The number of nitrogen functional groups attached to an aromatic ring is 1. The van der Waals surface area contributed by atoms with E-state index in [1.165, 1.54) is 16.4 Å². The van der Waals surface area contributed by atoms with Gasteiger partial charge in [0.2, 0.25) is 10.0 Å². The Kier molecular flexibility index (Phi) is 4.50. The van der Waals surface area contributed by atoms with Crippen molar-refractivity contribution in [3.8, 4) is 0 Å². The third kappa shape index (κ3) is 3.02. The zero-order chi connectivity index (χ0) is 15.6. The van der Waals surface area contributed by atoms with Crippen LogP contribution in [-0.4, -0.2) is 48.1 Å². The largest absolute Gasteiger partial charge is 0.478 e. The summed E-state index contributed by atoms with van der Waals surface area (Å²) in [6.45, 7) is 0.0834. The predicted molar refractivity (Wildman–Crippen MR) is 76.4 cm³/mol. The number of carbonyl (C=O) groups is 1. The lowest BCUT2D eigenvalue weighted by atomic mass is 10.1. The molecule has 8 heteroatoms. The van der Waals surface area contributed by atoms with Gasteiger partial charge in [0.25, 0.3) is 0 Å². The summed E-state index contributed by atoms with van der Waals surface area (Å²) in [6.07, 6.45) is 2.19. The van der Waals surface area contributed by atoms with Crippen molar-refractivity contribution in [2.75, 3.05) is 18.9 Å². The maximum atomic E-state index is 12.6. The van der Waals surface area contributed by atoms with Crippen LogP contribution in [0.1, 0.15) is 29.6 Å². The molecule has 1 aromatic carbocycles. The van der Waals surface area contributed by atoms with E-state index in [0.29, 0.717) is 13.0 Å². The lowest BCUT2D eigenvalue weighted by molar-refractivity contribution is 0.0697. The third-order valence-electron chi connectivity index (χ3n) is 3.63. The van der Waals surface area contributed by atoms with Crippen LogP contribution in [0.2, 0.25) is 0 Å². The van der Waals surface area contributed by atoms with Crippen molar-refractivity contribution in [1.29, 1.82) is 0 Å². The molecule has 1 unspecified atom stereocenters. The summed E-state index contributed by atoms with van der Waals surface area (Å²) >= 11 is 0. The summed E-state index contributed by atoms with van der Waals surface area (Å²) in [5.41, 5.74) is 5.54. The SMILES string of the molecule is Nc1cc(C(=O)O)ccc1S(=O)(=O)N1CCCCC1CO. The van der Waals surface area contributed by atoms with Gasteiger partial charge in [-0.05, 0) is 31.0 Å². The molecule has 0 saturated carbocycles. The van der Waals surface area contributed by atoms with Crippen molar-refractivity contribution >= 4 is 21.7 Å². The molecule has 0 spiro atoms. The van der Waals surface area contributed by atoms with Crippen LogP contribution in [0.15, 0.2) is 23.1 Å². The molecule has 1 saturated heterocycles. The highest BCUT2D eigenvalue weighted by Crippen LogP contribution is 2.28. The predicted octanol–water partition coefficient (Wildman–Crippen LogP) is 0.502. The molecule has 0 aliphatic carbocycles. The van der Waals surface area contributed by atoms with E-state index in [-0.39, 0.29) is 22.8 Å². The maximum absolute atomic E-state index is 12.6. The van der Waals surface area contributed by atoms with Crippen molar-refractivity contribution in [2.24, 2.45) is 0 Å². The second kappa shape index (κ2) is 6.00. The van der Waals surface area contributed by atoms with Gasteiger partial charge in [0.1, 0.15) is 4.90 Å². The van der Waals surface area contributed by atoms with E-state index in [1.54, 1.807) is 0 Å². The van der Waals surface area contributed by atoms with Crippen molar-refractivity contribution in [1.82, 2.24) is 4.31 Å². The molecule has 21 heavy (non-hydrogen) atoms. The van der Waals surface area contributed by atoms with E-state index in [9.17, 15) is 18.3 Å². The first-order valence-corrected chi connectivity index (χ1v) is 8.07. The first-order chi connectivity index (χ1) is 9.87. The summed E-state index contributed by atoms with van der Waals surface area (Å²) in [5.74, 6) is -1.17. The van der Waals surface area contributed by atoms with Crippen LogP contribution in [0.5, 0.6) is 0 Å². The summed E-state index contributed by atoms with van der Waals surface area (Å²) < 4.78 is 26.5. The second-order valence-electron chi connectivity index (χ2n) is 5.01. The molecular weight excluding hydrogens is 296 g/mol. The number of hydrogen-bond acceptors (Lipinski definition) is 5. The number of carboxylic acid groups (broad SMARTS) is 1. The molecule has 1 heterocycles. The van der Waals surface area contributed by atoms with Gasteiger partial charge in [0, 0.05) is 12.6 Å². The number of sulfonamides is 1. The molecule has 1 aliphatic rings. The van der Waals surface area contributed by atoms with Crippen molar-refractivity contribution < 1.29 is 23.4 Å². The highest BCUT2D eigenvalue weighted by Gasteiger charge is 2.34. The Labute approximate surface area is 123 Å². The fourth-order valence-corrected chi connectivity index (χ4v) is 4.30. The highest BCUT2D eigenvalue weighted by molar-refractivity contribution is 7.89. The molecule has 116 valence electrons. The number of aliphatic hydroxyl groups excluding tert-OH is 1. The van der Waals surface area contributed by atoms with Gasteiger partial charge in [-0.25, -0.2) is 13.2 Å². The Morgan fingerprint density at radius 3 is 2.67 bits per heavy atom. The van der Waals surface area contributed by atoms with Crippen LogP contribution >= 0.6 is 0 Å². The Hall–Kier alpha value is -1.64. The van der Waals surface area contributed by atoms with Crippen LogP contribution in [0.3, 0.4) is 0 Å². The standard InChI is InChI=1S/C13H18N2O5S/c14-11-7-9(13(17)18)4-5-12(11)21(19,20)15-6-2-1-3-10(15)8-16/h4-5,7,10,16H,1-3,6,8,14H2,(H,17,18). The van der Waals surface area contributed by atoms with Gasteiger partial charge in [0.15, 0.2) is 0 Å². The second-order valence-corrected chi connectivity index (χ2v) is 6.86. The van der Waals surface area contributed by atoms with Crippen molar-refractivity contribution in [2.45, 2.75) is 30.2 Å². The minimum atomic E-state index is -3.84. The van der Waals surface area contributed by atoms with Crippen LogP contribution in [-0.2, 0) is 10.0 Å². The van der Waals surface area contributed by atoms with Crippen LogP contribution in [0, 0.1) is 0 Å². The summed E-state index contributed by atoms with van der Waals surface area (Å²) in [6, 6.07) is 3.09. The fraction of sp³-hybridized carbons (Fsp3) is 0.462. The molecule has 0 bridgehead atoms. The van der Waals surface area contributed by atoms with E-state index in [2.05, 4.69) is 0 Å². The number of anilines is 1. The third-order valence-corrected chi connectivity index (χ3v) is 5.65. The Bertz CT molecular complexity index is 644. The van der Waals surface area contributed by atoms with Gasteiger partial charge in [-0.3, -0.25) is 0 Å². The average molecular weight is 314 g/mol. The summed E-state index contributed by atoms with van der Waals surface area (Å²) in [5, 5.41) is 18.2. The van der Waals surface area contributed by atoms with Crippen molar-refractivity contribution in [3.63, 3.8) is 0 Å². The lowest BCUT2D eigenvalue weighted by Crippen LogP contribution is -2.45. The number of aromatic carboxylic acids is 1. The smallest absolute Gasteiger partial charge is 0.335 e.